The summed E-state index contributed by atoms with van der Waals surface area (Å²) in [5.74, 6) is 0. The van der Waals surface area contributed by atoms with E-state index in [9.17, 15) is 20.8 Å². The second-order valence-electron chi connectivity index (χ2n) is 1.73. The molecule has 14 heavy (non-hydrogen) atoms. The predicted molar refractivity (Wildman–Crippen MR) is 40.8 cm³/mol. The van der Waals surface area contributed by atoms with Crippen LogP contribution in [0.2, 0.25) is 0 Å². The number of hydrogen-bond acceptors (Lipinski definition) is 10. The van der Waals surface area contributed by atoms with E-state index in [0.717, 1.165) is 0 Å². The summed E-state index contributed by atoms with van der Waals surface area (Å²) in [5.41, 5.74) is 0. The molecular weight excluding hydrogens is 545 g/mol. The first-order valence-corrected chi connectivity index (χ1v) is 10.4. The van der Waals surface area contributed by atoms with Gasteiger partial charge in [0.15, 0.2) is 0 Å². The monoisotopic (exact) mass is 546 g/mol. The summed E-state index contributed by atoms with van der Waals surface area (Å²) in [4.78, 5) is 8.42. The van der Waals surface area contributed by atoms with E-state index in [2.05, 4.69) is 9.88 Å². The fourth-order valence-electron chi connectivity index (χ4n) is 0.574. The van der Waals surface area contributed by atoms with Crippen molar-refractivity contribution in [1.29, 1.82) is 0 Å². The van der Waals surface area contributed by atoms with Crippen molar-refractivity contribution in [3.63, 3.8) is 0 Å². The standard InChI is InChI=1S/CHI3N4O6/c9-5-2-1-3-6(10)14-8(12)4(1)7(11)13-5/h1H/q-6. The molecule has 0 N–H and O–H groups in total. The Kier molecular flexibility index (Phi) is 4.35. The Morgan fingerprint density at radius 3 is 1.79 bits per heavy atom. The van der Waals surface area contributed by atoms with Gasteiger partial charge in [0.2, 0.25) is 0 Å². The SMILES string of the molecule is [O-]N1ON([O-])I2C([I-]1)[I-]N([O-])ON2[O-]. The number of alkyl halides is 3. The van der Waals surface area contributed by atoms with Gasteiger partial charge < -0.3 is 0 Å². The predicted octanol–water partition coefficient (Wildman–Crippen LogP) is -6.47. The van der Waals surface area contributed by atoms with Crippen molar-refractivity contribution >= 4 is 20.4 Å². The van der Waals surface area contributed by atoms with Crippen LogP contribution in [-0.4, -0.2) is 13.7 Å². The first-order chi connectivity index (χ1) is 6.58. The van der Waals surface area contributed by atoms with Crippen LogP contribution in [-0.2, 0) is 9.88 Å². The summed E-state index contributed by atoms with van der Waals surface area (Å²) >= 11 is -5.10. The zero-order chi connectivity index (χ0) is 10.3. The van der Waals surface area contributed by atoms with Crippen molar-refractivity contribution in [3.8, 4) is 0 Å². The molecule has 0 aromatic carbocycles. The van der Waals surface area contributed by atoms with Crippen LogP contribution < -0.4 is 43.0 Å². The Morgan fingerprint density at radius 2 is 1.36 bits per heavy atom. The Morgan fingerprint density at radius 1 is 0.929 bits per heavy atom. The average Bonchev–Trinajstić information content (AvgIpc) is 1.99. The van der Waals surface area contributed by atoms with Crippen molar-refractivity contribution in [2.45, 2.75) is -0.0619 Å². The second-order valence-corrected chi connectivity index (χ2v) is 18.4. The molecule has 2 rings (SSSR count). The van der Waals surface area contributed by atoms with Gasteiger partial charge in [-0.05, 0) is 0 Å². The number of halogens is 3. The van der Waals surface area contributed by atoms with Crippen LogP contribution in [0, 0.1) is 20.8 Å². The number of rotatable bonds is 0. The number of fused-ring (bicyclic) bond motifs is 1. The van der Waals surface area contributed by atoms with E-state index in [1.54, 1.807) is 0 Å². The van der Waals surface area contributed by atoms with Gasteiger partial charge in [0.25, 0.3) is 0 Å². The van der Waals surface area contributed by atoms with E-state index in [0.29, 0.717) is 0 Å². The maximum absolute atomic E-state index is 11.1. The number of hydrogen-bond donors (Lipinski definition) is 0. The van der Waals surface area contributed by atoms with E-state index in [-0.39, 0.29) is 13.7 Å². The van der Waals surface area contributed by atoms with Gasteiger partial charge in [-0.25, -0.2) is 0 Å². The van der Waals surface area contributed by atoms with Gasteiger partial charge in [-0.2, -0.15) is 0 Å². The number of nitrogens with zero attached hydrogens (tertiary/aromatic N) is 4. The first kappa shape index (κ1) is 12.3. The molecule has 13 heteroatoms. The third kappa shape index (κ3) is 2.54. The average molecular weight is 546 g/mol. The van der Waals surface area contributed by atoms with Crippen molar-refractivity contribution in [2.75, 3.05) is 0 Å². The third-order valence-electron chi connectivity index (χ3n) is 0.994. The Hall–Kier alpha value is 1.79. The van der Waals surface area contributed by atoms with Crippen molar-refractivity contribution in [3.05, 3.63) is 20.8 Å². The maximum atomic E-state index is 11.1. The van der Waals surface area contributed by atoms with Crippen LogP contribution in [0.5, 0.6) is 0 Å². The molecule has 0 saturated carbocycles. The topological polar surface area (TPSA) is 124 Å². The molecule has 2 fully saturated rings. The Bertz CT molecular complexity index is 201. The Balaban J connectivity index is 2.10. The van der Waals surface area contributed by atoms with Gasteiger partial charge in [0.1, 0.15) is 0 Å². The Labute approximate surface area is 107 Å². The molecule has 10 nitrogen and oxygen atoms in total. The van der Waals surface area contributed by atoms with Crippen molar-refractivity contribution in [1.82, 2.24) is 13.8 Å². The normalized spacial score (nSPS) is 33.3. The fourth-order valence-corrected chi connectivity index (χ4v) is 17.0. The van der Waals surface area contributed by atoms with E-state index in [4.69, 9.17) is 0 Å². The molecule has 2 saturated heterocycles. The van der Waals surface area contributed by atoms with Crippen molar-refractivity contribution in [2.24, 2.45) is 0 Å². The molecule has 2 aliphatic heterocycles. The van der Waals surface area contributed by atoms with Gasteiger partial charge in [-0.1, -0.05) is 0 Å². The molecule has 0 aliphatic carbocycles. The molecule has 2 heterocycles. The zero-order valence-corrected chi connectivity index (χ0v) is 12.4. The van der Waals surface area contributed by atoms with Gasteiger partial charge >= 0.3 is 108 Å². The molecule has 0 aromatic heterocycles. The van der Waals surface area contributed by atoms with E-state index < -0.39 is 63.3 Å². The molecule has 2 aliphatic rings. The fraction of sp³-hybridized carbons (Fsp3) is 1.00. The molecule has 0 aromatic rings. The summed E-state index contributed by atoms with van der Waals surface area (Å²) in [6.07, 6.45) is 0. The van der Waals surface area contributed by atoms with Gasteiger partial charge in [-0.3, -0.25) is 0 Å². The quantitative estimate of drug-likeness (QED) is 0.165. The summed E-state index contributed by atoms with van der Waals surface area (Å²) in [5, 5.41) is 43.8. The van der Waals surface area contributed by atoms with Crippen LogP contribution in [0.25, 0.3) is 0 Å². The van der Waals surface area contributed by atoms with Crippen LogP contribution >= 0.6 is 20.4 Å². The summed E-state index contributed by atoms with van der Waals surface area (Å²) in [7, 11) is 0. The van der Waals surface area contributed by atoms with Gasteiger partial charge in [0.05, 0.1) is 0 Å². The van der Waals surface area contributed by atoms with Crippen molar-refractivity contribution < 1.29 is 52.8 Å². The molecule has 0 spiro atoms. The zero-order valence-electron chi connectivity index (χ0n) is 5.95. The molecule has 0 amide bonds. The molecule has 0 bridgehead atoms. The molecule has 0 atom stereocenters. The minimum absolute atomic E-state index is 0.0323. The summed E-state index contributed by atoms with van der Waals surface area (Å²) < 4.78 is 0.0908. The van der Waals surface area contributed by atoms with Crippen LogP contribution in [0.15, 0.2) is 0 Å². The summed E-state index contributed by atoms with van der Waals surface area (Å²) in [6.45, 7) is 0. The van der Waals surface area contributed by atoms with Crippen LogP contribution in [0.4, 0.5) is 0 Å². The van der Waals surface area contributed by atoms with E-state index in [1.165, 1.54) is 0 Å². The van der Waals surface area contributed by atoms with E-state index in [1.807, 2.05) is 0 Å². The van der Waals surface area contributed by atoms with Gasteiger partial charge in [-0.15, -0.1) is 0 Å². The summed E-state index contributed by atoms with van der Waals surface area (Å²) in [6, 6.07) is 0. The van der Waals surface area contributed by atoms with Crippen LogP contribution in [0.1, 0.15) is 0 Å². The molecule has 88 valence electrons. The second kappa shape index (κ2) is 4.97. The minimum atomic E-state index is -2.86. The van der Waals surface area contributed by atoms with E-state index >= 15 is 0 Å². The van der Waals surface area contributed by atoms with Gasteiger partial charge in [0, 0.05) is 0 Å². The molecule has 0 radical (unpaired) electrons. The molecule has 0 unspecified atom stereocenters. The van der Waals surface area contributed by atoms with Crippen LogP contribution in [0.3, 0.4) is 0 Å². The third-order valence-corrected chi connectivity index (χ3v) is 17.2. The first-order valence-electron chi connectivity index (χ1n) is 2.79. The molecular formula is CHI3N4O6-6.